The first kappa shape index (κ1) is 25.5. The summed E-state index contributed by atoms with van der Waals surface area (Å²) >= 11 is 0. The molecule has 9 N–H and O–H groups in total. The maximum Gasteiger partial charge on any atom is 0.322 e. The Balaban J connectivity index is 2.82. The second-order valence-electron chi connectivity index (χ2n) is 6.87. The zero-order valence-corrected chi connectivity index (χ0v) is 16.9. The molecule has 170 valence electrons. The maximum atomic E-state index is 12.6. The van der Waals surface area contributed by atoms with Crippen molar-refractivity contribution in [2.75, 3.05) is 6.54 Å². The van der Waals surface area contributed by atoms with Crippen molar-refractivity contribution in [3.63, 3.8) is 0 Å². The smallest absolute Gasteiger partial charge is 0.322 e. The van der Waals surface area contributed by atoms with Crippen molar-refractivity contribution in [3.8, 4) is 0 Å². The van der Waals surface area contributed by atoms with Crippen molar-refractivity contribution in [1.82, 2.24) is 16.0 Å². The molecule has 1 aromatic rings. The van der Waals surface area contributed by atoms with Gasteiger partial charge in [-0.3, -0.25) is 24.0 Å². The van der Waals surface area contributed by atoms with Crippen LogP contribution in [0.3, 0.4) is 0 Å². The molecule has 0 radical (unpaired) electrons. The molecule has 4 atom stereocenters. The molecule has 0 spiro atoms. The number of rotatable bonds is 12. The van der Waals surface area contributed by atoms with Crippen LogP contribution in [0.15, 0.2) is 30.3 Å². The summed E-state index contributed by atoms with van der Waals surface area (Å²) in [5.74, 6) is -4.93. The maximum absolute atomic E-state index is 12.6. The van der Waals surface area contributed by atoms with Crippen LogP contribution in [0.2, 0.25) is 0 Å². The predicted molar refractivity (Wildman–Crippen MR) is 108 cm³/mol. The molecule has 4 unspecified atom stereocenters. The summed E-state index contributed by atoms with van der Waals surface area (Å²) in [7, 11) is 0. The van der Waals surface area contributed by atoms with Crippen LogP contribution in [0.5, 0.6) is 0 Å². The first-order valence-electron chi connectivity index (χ1n) is 9.37. The minimum Gasteiger partial charge on any atom is -0.480 e. The van der Waals surface area contributed by atoms with E-state index < -0.39 is 66.8 Å². The number of hydrogen-bond donors (Lipinski definition) is 7. The average molecular weight is 437 g/mol. The number of carboxylic acid groups (broad SMARTS) is 1. The van der Waals surface area contributed by atoms with Gasteiger partial charge < -0.3 is 37.6 Å². The van der Waals surface area contributed by atoms with Crippen LogP contribution in [0.4, 0.5) is 0 Å². The van der Waals surface area contributed by atoms with Gasteiger partial charge in [0.15, 0.2) is 0 Å². The number of carbonyl (C=O) groups excluding carboxylic acids is 4. The molecular weight excluding hydrogens is 410 g/mol. The zero-order valence-electron chi connectivity index (χ0n) is 16.9. The summed E-state index contributed by atoms with van der Waals surface area (Å²) in [5.41, 5.74) is 11.7. The third-order valence-corrected chi connectivity index (χ3v) is 4.15. The molecule has 1 rings (SSSR count). The third kappa shape index (κ3) is 9.23. The molecule has 0 saturated carbocycles. The topological polar surface area (TPSA) is 214 Å². The summed E-state index contributed by atoms with van der Waals surface area (Å²) in [6, 6.07) is 4.90. The van der Waals surface area contributed by atoms with E-state index in [1.54, 1.807) is 30.3 Å². The van der Waals surface area contributed by atoms with Crippen LogP contribution in [0, 0.1) is 0 Å². The molecule has 0 heterocycles. The van der Waals surface area contributed by atoms with Crippen LogP contribution in [-0.4, -0.2) is 70.6 Å². The number of aliphatic hydroxyl groups excluding tert-OH is 1. The lowest BCUT2D eigenvalue weighted by atomic mass is 10.0. The van der Waals surface area contributed by atoms with E-state index in [9.17, 15) is 29.1 Å². The standard InChI is InChI=1S/C19H27N5O7/c1-10(25)16(24-17(29)12(20)7-11-5-3-2-4-6-11)19(31)23-13(8-14(21)26)18(30)22-9-15(27)28/h2-6,10,12-13,16,25H,7-9,20H2,1H3,(H2,21,26)(H,22,30)(H,23,31)(H,24,29)(H,27,28). The fraction of sp³-hybridized carbons (Fsp3) is 0.421. The second kappa shape index (κ2) is 12.2. The van der Waals surface area contributed by atoms with E-state index in [-0.39, 0.29) is 6.42 Å². The van der Waals surface area contributed by atoms with Gasteiger partial charge in [0.25, 0.3) is 0 Å². The Morgan fingerprint density at radius 1 is 1.00 bits per heavy atom. The van der Waals surface area contributed by atoms with Gasteiger partial charge in [-0.1, -0.05) is 30.3 Å². The number of carbonyl (C=O) groups is 5. The lowest BCUT2D eigenvalue weighted by Crippen LogP contribution is -2.59. The Morgan fingerprint density at radius 2 is 1.61 bits per heavy atom. The van der Waals surface area contributed by atoms with Crippen molar-refractivity contribution in [1.29, 1.82) is 0 Å². The van der Waals surface area contributed by atoms with E-state index in [1.165, 1.54) is 6.92 Å². The van der Waals surface area contributed by atoms with Crippen molar-refractivity contribution in [3.05, 3.63) is 35.9 Å². The lowest BCUT2D eigenvalue weighted by Gasteiger charge is -2.25. The Morgan fingerprint density at radius 3 is 2.13 bits per heavy atom. The van der Waals surface area contributed by atoms with Crippen LogP contribution < -0.4 is 27.4 Å². The molecule has 0 aromatic heterocycles. The molecule has 12 heteroatoms. The van der Waals surface area contributed by atoms with Gasteiger partial charge in [-0.15, -0.1) is 0 Å². The van der Waals surface area contributed by atoms with Crippen molar-refractivity contribution < 1.29 is 34.2 Å². The van der Waals surface area contributed by atoms with Gasteiger partial charge in [-0.2, -0.15) is 0 Å². The molecule has 1 aromatic carbocycles. The summed E-state index contributed by atoms with van der Waals surface area (Å²) in [6.07, 6.45) is -1.81. The van der Waals surface area contributed by atoms with Crippen molar-refractivity contribution >= 4 is 29.6 Å². The Labute approximate surface area is 178 Å². The quantitative estimate of drug-likeness (QED) is 0.178. The highest BCUT2D eigenvalue weighted by atomic mass is 16.4. The van der Waals surface area contributed by atoms with Crippen molar-refractivity contribution in [2.45, 2.75) is 44.0 Å². The number of hydrogen-bond acceptors (Lipinski definition) is 7. The normalized spacial score (nSPS) is 14.4. The minimum absolute atomic E-state index is 0.183. The van der Waals surface area contributed by atoms with Gasteiger partial charge in [0.2, 0.25) is 23.6 Å². The molecule has 0 aliphatic carbocycles. The summed E-state index contributed by atoms with van der Waals surface area (Å²) in [6.45, 7) is 0.496. The largest absolute Gasteiger partial charge is 0.480 e. The molecular formula is C19H27N5O7. The predicted octanol–water partition coefficient (Wildman–Crippen LogP) is -3.02. The summed E-state index contributed by atoms with van der Waals surface area (Å²) in [4.78, 5) is 58.8. The monoisotopic (exact) mass is 437 g/mol. The third-order valence-electron chi connectivity index (χ3n) is 4.15. The lowest BCUT2D eigenvalue weighted by molar-refractivity contribution is -0.139. The van der Waals surface area contributed by atoms with Gasteiger partial charge in [0.05, 0.1) is 18.6 Å². The second-order valence-corrected chi connectivity index (χ2v) is 6.87. The number of aliphatic carboxylic acids is 1. The Kier molecular flexibility index (Phi) is 10.1. The van der Waals surface area contributed by atoms with E-state index >= 15 is 0 Å². The molecule has 31 heavy (non-hydrogen) atoms. The van der Waals surface area contributed by atoms with E-state index in [4.69, 9.17) is 16.6 Å². The fourth-order valence-electron chi connectivity index (χ4n) is 2.58. The number of nitrogens with one attached hydrogen (secondary N) is 3. The van der Waals surface area contributed by atoms with E-state index in [2.05, 4.69) is 10.6 Å². The number of benzene rings is 1. The van der Waals surface area contributed by atoms with Gasteiger partial charge >= 0.3 is 5.97 Å². The number of primary amides is 1. The highest BCUT2D eigenvalue weighted by Gasteiger charge is 2.31. The van der Waals surface area contributed by atoms with Crippen LogP contribution in [0.1, 0.15) is 18.9 Å². The molecule has 0 aliphatic rings. The minimum atomic E-state index is -1.50. The highest BCUT2D eigenvalue weighted by molar-refractivity contribution is 5.95. The number of nitrogens with two attached hydrogens (primary N) is 2. The highest BCUT2D eigenvalue weighted by Crippen LogP contribution is 2.04. The number of amides is 4. The SMILES string of the molecule is CC(O)C(NC(=O)C(N)Cc1ccccc1)C(=O)NC(CC(N)=O)C(=O)NCC(=O)O. The average Bonchev–Trinajstić information content (AvgIpc) is 2.69. The van der Waals surface area contributed by atoms with Gasteiger partial charge in [-0.05, 0) is 18.9 Å². The fourth-order valence-corrected chi connectivity index (χ4v) is 2.58. The Hall–Kier alpha value is -3.51. The van der Waals surface area contributed by atoms with Crippen LogP contribution >= 0.6 is 0 Å². The van der Waals surface area contributed by atoms with Crippen LogP contribution in [0.25, 0.3) is 0 Å². The first-order valence-corrected chi connectivity index (χ1v) is 9.37. The number of carboxylic acids is 1. The molecule has 0 aliphatic heterocycles. The van der Waals surface area contributed by atoms with E-state index in [0.717, 1.165) is 5.56 Å². The molecule has 12 nitrogen and oxygen atoms in total. The van der Waals surface area contributed by atoms with Gasteiger partial charge in [0.1, 0.15) is 18.6 Å². The molecule has 0 saturated heterocycles. The van der Waals surface area contributed by atoms with E-state index in [1.807, 2.05) is 5.32 Å². The van der Waals surface area contributed by atoms with Gasteiger partial charge in [-0.25, -0.2) is 0 Å². The van der Waals surface area contributed by atoms with Crippen molar-refractivity contribution in [2.24, 2.45) is 11.5 Å². The zero-order chi connectivity index (χ0) is 23.6. The van der Waals surface area contributed by atoms with E-state index in [0.29, 0.717) is 0 Å². The summed E-state index contributed by atoms with van der Waals surface area (Å²) in [5, 5.41) is 25.1. The van der Waals surface area contributed by atoms with Gasteiger partial charge in [0, 0.05) is 0 Å². The Bertz CT molecular complexity index is 800. The molecule has 0 fully saturated rings. The summed E-state index contributed by atoms with van der Waals surface area (Å²) < 4.78 is 0. The number of aliphatic hydroxyl groups is 1. The molecule has 0 bridgehead atoms. The van der Waals surface area contributed by atoms with Crippen LogP contribution in [-0.2, 0) is 30.4 Å². The first-order chi connectivity index (χ1) is 14.5. The molecule has 4 amide bonds.